The molecule has 0 saturated heterocycles. The second-order valence-corrected chi connectivity index (χ2v) is 5.98. The zero-order chi connectivity index (χ0) is 16.9. The van der Waals surface area contributed by atoms with Gasteiger partial charge in [-0.1, -0.05) is 12.1 Å². The van der Waals surface area contributed by atoms with E-state index in [1.54, 1.807) is 0 Å². The Bertz CT molecular complexity index is 703. The molecule has 3 N–H and O–H groups in total. The van der Waals surface area contributed by atoms with Gasteiger partial charge in [0.2, 0.25) is 6.79 Å². The zero-order valence-corrected chi connectivity index (χ0v) is 14.2. The van der Waals surface area contributed by atoms with Crippen molar-refractivity contribution in [1.29, 1.82) is 0 Å². The summed E-state index contributed by atoms with van der Waals surface area (Å²) in [4.78, 5) is 0. The molecule has 1 unspecified atom stereocenters. The summed E-state index contributed by atoms with van der Waals surface area (Å²) < 4.78 is 16.2. The first-order valence-electron chi connectivity index (χ1n) is 8.29. The van der Waals surface area contributed by atoms with Crippen LogP contribution < -0.4 is 25.3 Å². The Morgan fingerprint density at radius 2 is 1.92 bits per heavy atom. The van der Waals surface area contributed by atoms with Crippen LogP contribution >= 0.6 is 0 Å². The molecule has 1 aliphatic rings. The molecule has 0 amide bonds. The number of nitrogens with two attached hydrogens (primary N) is 1. The molecule has 2 aromatic carbocycles. The van der Waals surface area contributed by atoms with Crippen LogP contribution in [-0.4, -0.2) is 19.4 Å². The molecule has 0 spiro atoms. The summed E-state index contributed by atoms with van der Waals surface area (Å²) in [5, 5.41) is 3.53. The third kappa shape index (κ3) is 3.92. The molecule has 24 heavy (non-hydrogen) atoms. The Kier molecular flexibility index (Phi) is 5.11. The molecule has 2 aromatic rings. The third-order valence-corrected chi connectivity index (χ3v) is 4.01. The lowest BCUT2D eigenvalue weighted by molar-refractivity contribution is 0.174. The molecule has 0 aliphatic carbocycles. The molecule has 5 nitrogen and oxygen atoms in total. The minimum absolute atomic E-state index is 0.307. The van der Waals surface area contributed by atoms with Crippen LogP contribution in [0.2, 0.25) is 0 Å². The van der Waals surface area contributed by atoms with Crippen LogP contribution in [0.5, 0.6) is 17.2 Å². The molecule has 0 radical (unpaired) electrons. The van der Waals surface area contributed by atoms with Gasteiger partial charge in [-0.3, -0.25) is 0 Å². The van der Waals surface area contributed by atoms with Crippen LogP contribution in [-0.2, 0) is 13.0 Å². The fourth-order valence-electron chi connectivity index (χ4n) is 2.78. The van der Waals surface area contributed by atoms with Gasteiger partial charge in [0.15, 0.2) is 11.5 Å². The summed E-state index contributed by atoms with van der Waals surface area (Å²) in [6.45, 7) is 5.83. The van der Waals surface area contributed by atoms with Gasteiger partial charge in [0.05, 0.1) is 12.3 Å². The van der Waals surface area contributed by atoms with Crippen molar-refractivity contribution in [2.24, 2.45) is 0 Å². The maximum atomic E-state index is 6.03. The molecule has 3 rings (SSSR count). The number of fused-ring (bicyclic) bond motifs is 1. The van der Waals surface area contributed by atoms with Crippen molar-refractivity contribution in [3.05, 3.63) is 47.5 Å². The van der Waals surface area contributed by atoms with E-state index in [-0.39, 0.29) is 0 Å². The lowest BCUT2D eigenvalue weighted by atomic mass is 10.1. The van der Waals surface area contributed by atoms with Gasteiger partial charge >= 0.3 is 0 Å². The van der Waals surface area contributed by atoms with E-state index in [1.165, 1.54) is 11.1 Å². The first-order valence-corrected chi connectivity index (χ1v) is 8.29. The largest absolute Gasteiger partial charge is 0.492 e. The number of hydrogen-bond acceptors (Lipinski definition) is 5. The lowest BCUT2D eigenvalue weighted by Crippen LogP contribution is -2.27. The van der Waals surface area contributed by atoms with Gasteiger partial charge in [-0.05, 0) is 55.7 Å². The van der Waals surface area contributed by atoms with Crippen molar-refractivity contribution in [2.75, 3.05) is 19.1 Å². The van der Waals surface area contributed by atoms with Gasteiger partial charge in [-0.2, -0.15) is 0 Å². The van der Waals surface area contributed by atoms with Crippen LogP contribution in [0.1, 0.15) is 25.0 Å². The van der Waals surface area contributed by atoms with E-state index in [4.69, 9.17) is 19.9 Å². The van der Waals surface area contributed by atoms with E-state index in [0.29, 0.717) is 25.1 Å². The number of benzene rings is 2. The van der Waals surface area contributed by atoms with E-state index in [1.807, 2.05) is 31.2 Å². The topological polar surface area (TPSA) is 65.7 Å². The molecule has 0 bridgehead atoms. The highest BCUT2D eigenvalue weighted by Crippen LogP contribution is 2.32. The highest BCUT2D eigenvalue weighted by Gasteiger charge is 2.13. The Balaban J connectivity index is 1.54. The molecule has 1 aliphatic heterocycles. The van der Waals surface area contributed by atoms with Crippen molar-refractivity contribution in [3.63, 3.8) is 0 Å². The number of hydrogen-bond donors (Lipinski definition) is 2. The minimum Gasteiger partial charge on any atom is -0.492 e. The van der Waals surface area contributed by atoms with Crippen LogP contribution in [0.15, 0.2) is 36.4 Å². The standard InChI is InChI=1S/C19H24N2O3/c1-3-22-17-6-4-14(9-16(17)20)8-13(2)21-11-15-5-7-18-19(10-15)24-12-23-18/h4-7,9-10,13,21H,3,8,11-12,20H2,1-2H3. The van der Waals surface area contributed by atoms with E-state index >= 15 is 0 Å². The second-order valence-electron chi connectivity index (χ2n) is 5.98. The molecule has 5 heteroatoms. The molecular formula is C19H24N2O3. The van der Waals surface area contributed by atoms with Crippen LogP contribution in [0.3, 0.4) is 0 Å². The van der Waals surface area contributed by atoms with Crippen molar-refractivity contribution >= 4 is 5.69 Å². The summed E-state index contributed by atoms with van der Waals surface area (Å²) in [5.74, 6) is 2.39. The lowest BCUT2D eigenvalue weighted by Gasteiger charge is -2.15. The molecule has 1 heterocycles. The van der Waals surface area contributed by atoms with Gasteiger partial charge < -0.3 is 25.3 Å². The monoisotopic (exact) mass is 328 g/mol. The highest BCUT2D eigenvalue weighted by molar-refractivity contribution is 5.54. The first kappa shape index (κ1) is 16.5. The fourth-order valence-corrected chi connectivity index (χ4v) is 2.78. The number of nitrogen functional groups attached to an aromatic ring is 1. The number of anilines is 1. The Morgan fingerprint density at radius 1 is 1.12 bits per heavy atom. The Hall–Kier alpha value is -2.40. The van der Waals surface area contributed by atoms with Gasteiger partial charge in [-0.25, -0.2) is 0 Å². The third-order valence-electron chi connectivity index (χ3n) is 4.01. The predicted molar refractivity (Wildman–Crippen MR) is 94.6 cm³/mol. The maximum absolute atomic E-state index is 6.03. The maximum Gasteiger partial charge on any atom is 0.231 e. The average Bonchev–Trinajstić information content (AvgIpc) is 3.03. The summed E-state index contributed by atoms with van der Waals surface area (Å²) in [6, 6.07) is 12.4. The van der Waals surface area contributed by atoms with Crippen molar-refractivity contribution in [2.45, 2.75) is 32.9 Å². The summed E-state index contributed by atoms with van der Waals surface area (Å²) in [5.41, 5.74) is 9.10. The van der Waals surface area contributed by atoms with Gasteiger partial charge in [0.25, 0.3) is 0 Å². The van der Waals surface area contributed by atoms with E-state index in [9.17, 15) is 0 Å². The summed E-state index contributed by atoms with van der Waals surface area (Å²) >= 11 is 0. The molecule has 0 aromatic heterocycles. The van der Waals surface area contributed by atoms with Crippen LogP contribution in [0.25, 0.3) is 0 Å². The molecule has 128 valence electrons. The van der Waals surface area contributed by atoms with Crippen LogP contribution in [0, 0.1) is 0 Å². The van der Waals surface area contributed by atoms with Gasteiger partial charge in [0, 0.05) is 12.6 Å². The van der Waals surface area contributed by atoms with Crippen molar-refractivity contribution in [3.8, 4) is 17.2 Å². The Labute approximate surface area is 142 Å². The average molecular weight is 328 g/mol. The zero-order valence-electron chi connectivity index (χ0n) is 14.2. The first-order chi connectivity index (χ1) is 11.7. The highest BCUT2D eigenvalue weighted by atomic mass is 16.7. The van der Waals surface area contributed by atoms with Gasteiger partial charge in [-0.15, -0.1) is 0 Å². The summed E-state index contributed by atoms with van der Waals surface area (Å²) in [7, 11) is 0. The van der Waals surface area contributed by atoms with Crippen molar-refractivity contribution in [1.82, 2.24) is 5.32 Å². The van der Waals surface area contributed by atoms with E-state index < -0.39 is 0 Å². The van der Waals surface area contributed by atoms with Crippen LogP contribution in [0.4, 0.5) is 5.69 Å². The molecule has 0 fully saturated rings. The smallest absolute Gasteiger partial charge is 0.231 e. The van der Waals surface area contributed by atoms with Crippen molar-refractivity contribution < 1.29 is 14.2 Å². The normalized spacial score (nSPS) is 13.8. The second kappa shape index (κ2) is 7.45. The number of rotatable bonds is 7. The van der Waals surface area contributed by atoms with E-state index in [0.717, 1.165) is 30.2 Å². The number of nitrogens with one attached hydrogen (secondary N) is 1. The Morgan fingerprint density at radius 3 is 2.71 bits per heavy atom. The molecule has 1 atom stereocenters. The van der Waals surface area contributed by atoms with Gasteiger partial charge in [0.1, 0.15) is 5.75 Å². The summed E-state index contributed by atoms with van der Waals surface area (Å²) in [6.07, 6.45) is 0.904. The quantitative estimate of drug-likeness (QED) is 0.765. The minimum atomic E-state index is 0.307. The molecule has 0 saturated carbocycles. The van der Waals surface area contributed by atoms with E-state index in [2.05, 4.69) is 24.4 Å². The fraction of sp³-hybridized carbons (Fsp3) is 0.368. The SMILES string of the molecule is CCOc1ccc(CC(C)NCc2ccc3c(c2)OCO3)cc1N. The predicted octanol–water partition coefficient (Wildman–Crippen LogP) is 3.12. The number of ether oxygens (including phenoxy) is 3. The molecular weight excluding hydrogens is 304 g/mol.